The lowest BCUT2D eigenvalue weighted by Crippen LogP contribution is -1.87. The van der Waals surface area contributed by atoms with Gasteiger partial charge in [0, 0.05) is 0 Å². The maximum absolute atomic E-state index is 2.29. The van der Waals surface area contributed by atoms with Crippen molar-refractivity contribution in [3.05, 3.63) is 83.4 Å². The Morgan fingerprint density at radius 3 is 1.82 bits per heavy atom. The second-order valence-electron chi connectivity index (χ2n) is 5.95. The molecule has 0 bridgehead atoms. The number of hydrogen-bond donors (Lipinski definition) is 0. The smallest absolute Gasteiger partial charge is 0.0154 e. The monoisotopic (exact) mass is 286 g/mol. The fourth-order valence-electron chi connectivity index (χ4n) is 2.83. The van der Waals surface area contributed by atoms with Crippen LogP contribution in [0.25, 0.3) is 22.3 Å². The molecule has 0 atom stereocenters. The van der Waals surface area contributed by atoms with E-state index in [-0.39, 0.29) is 0 Å². The predicted octanol–water partition coefficient (Wildman–Crippen LogP) is 6.20. The molecule has 0 N–H and O–H groups in total. The standard InChI is InChI=1S/C22H22/c1-4-18-7-11-20(12-8-18)22-14-13-21(15-17(22)3)19-9-5-16(2)6-10-19/h5-15H,4H2,1-3H3. The molecule has 3 aromatic rings. The number of aryl methyl sites for hydroxylation is 3. The van der Waals surface area contributed by atoms with Crippen LogP contribution in [0.1, 0.15) is 23.6 Å². The quantitative estimate of drug-likeness (QED) is 0.537. The van der Waals surface area contributed by atoms with E-state index in [1.54, 1.807) is 0 Å². The van der Waals surface area contributed by atoms with Crippen molar-refractivity contribution in [3.8, 4) is 22.3 Å². The Kier molecular flexibility index (Phi) is 4.11. The van der Waals surface area contributed by atoms with Crippen LogP contribution in [0.3, 0.4) is 0 Å². The van der Waals surface area contributed by atoms with Gasteiger partial charge in [-0.1, -0.05) is 79.2 Å². The van der Waals surface area contributed by atoms with E-state index in [0.717, 1.165) is 6.42 Å². The molecule has 3 rings (SSSR count). The Labute approximate surface area is 133 Å². The van der Waals surface area contributed by atoms with Gasteiger partial charge in [-0.15, -0.1) is 0 Å². The second kappa shape index (κ2) is 6.19. The van der Waals surface area contributed by atoms with Gasteiger partial charge in [0.15, 0.2) is 0 Å². The molecular weight excluding hydrogens is 264 g/mol. The molecule has 0 unspecified atom stereocenters. The van der Waals surface area contributed by atoms with Gasteiger partial charge in [-0.2, -0.15) is 0 Å². The molecule has 110 valence electrons. The van der Waals surface area contributed by atoms with Gasteiger partial charge >= 0.3 is 0 Å². The predicted molar refractivity (Wildman–Crippen MR) is 96.2 cm³/mol. The molecule has 0 saturated heterocycles. The highest BCUT2D eigenvalue weighted by Gasteiger charge is 2.05. The molecule has 0 fully saturated rings. The van der Waals surface area contributed by atoms with E-state index in [1.807, 2.05) is 0 Å². The molecule has 0 aromatic heterocycles. The first-order chi connectivity index (χ1) is 10.7. The highest BCUT2D eigenvalue weighted by molar-refractivity contribution is 5.73. The summed E-state index contributed by atoms with van der Waals surface area (Å²) in [4.78, 5) is 0. The van der Waals surface area contributed by atoms with Crippen LogP contribution in [0.4, 0.5) is 0 Å². The van der Waals surface area contributed by atoms with E-state index < -0.39 is 0 Å². The zero-order valence-corrected chi connectivity index (χ0v) is 13.6. The minimum Gasteiger partial charge on any atom is -0.0613 e. The van der Waals surface area contributed by atoms with Crippen LogP contribution < -0.4 is 0 Å². The zero-order chi connectivity index (χ0) is 15.5. The first-order valence-corrected chi connectivity index (χ1v) is 7.94. The molecule has 3 aromatic carbocycles. The highest BCUT2D eigenvalue weighted by atomic mass is 14.1. The van der Waals surface area contributed by atoms with Gasteiger partial charge in [-0.25, -0.2) is 0 Å². The van der Waals surface area contributed by atoms with Crippen molar-refractivity contribution >= 4 is 0 Å². The topological polar surface area (TPSA) is 0 Å². The van der Waals surface area contributed by atoms with Crippen LogP contribution in [0.2, 0.25) is 0 Å². The summed E-state index contributed by atoms with van der Waals surface area (Å²) in [6, 6.07) is 24.4. The van der Waals surface area contributed by atoms with Crippen molar-refractivity contribution < 1.29 is 0 Å². The molecule has 0 amide bonds. The van der Waals surface area contributed by atoms with Gasteiger partial charge in [-0.3, -0.25) is 0 Å². The molecule has 0 aliphatic rings. The third-order valence-corrected chi connectivity index (χ3v) is 4.28. The highest BCUT2D eigenvalue weighted by Crippen LogP contribution is 2.29. The fourth-order valence-corrected chi connectivity index (χ4v) is 2.83. The first kappa shape index (κ1) is 14.6. The van der Waals surface area contributed by atoms with Crippen LogP contribution in [-0.2, 0) is 6.42 Å². The second-order valence-corrected chi connectivity index (χ2v) is 5.95. The summed E-state index contributed by atoms with van der Waals surface area (Å²) >= 11 is 0. The molecular formula is C22H22. The van der Waals surface area contributed by atoms with Crippen LogP contribution >= 0.6 is 0 Å². The Balaban J connectivity index is 1.96. The first-order valence-electron chi connectivity index (χ1n) is 7.94. The summed E-state index contributed by atoms with van der Waals surface area (Å²) in [6.07, 6.45) is 1.09. The number of rotatable bonds is 3. The molecule has 0 nitrogen and oxygen atoms in total. The van der Waals surface area contributed by atoms with Gasteiger partial charge in [0.1, 0.15) is 0 Å². The summed E-state index contributed by atoms with van der Waals surface area (Å²) in [5, 5.41) is 0. The molecule has 0 aliphatic carbocycles. The molecule has 0 heterocycles. The van der Waals surface area contributed by atoms with Crippen molar-refractivity contribution in [2.75, 3.05) is 0 Å². The number of benzene rings is 3. The Morgan fingerprint density at radius 1 is 0.636 bits per heavy atom. The lowest BCUT2D eigenvalue weighted by atomic mass is 9.95. The van der Waals surface area contributed by atoms with Crippen molar-refractivity contribution in [2.45, 2.75) is 27.2 Å². The lowest BCUT2D eigenvalue weighted by molar-refractivity contribution is 1.14. The van der Waals surface area contributed by atoms with E-state index in [4.69, 9.17) is 0 Å². The van der Waals surface area contributed by atoms with Gasteiger partial charge in [-0.05, 0) is 53.6 Å². The summed E-state index contributed by atoms with van der Waals surface area (Å²) in [6.45, 7) is 6.51. The van der Waals surface area contributed by atoms with Gasteiger partial charge in [0.25, 0.3) is 0 Å². The summed E-state index contributed by atoms with van der Waals surface area (Å²) < 4.78 is 0. The van der Waals surface area contributed by atoms with Crippen LogP contribution in [0.5, 0.6) is 0 Å². The normalized spacial score (nSPS) is 10.7. The van der Waals surface area contributed by atoms with Crippen molar-refractivity contribution in [3.63, 3.8) is 0 Å². The molecule has 0 aliphatic heterocycles. The van der Waals surface area contributed by atoms with Gasteiger partial charge in [0.2, 0.25) is 0 Å². The minimum atomic E-state index is 1.09. The van der Waals surface area contributed by atoms with Crippen LogP contribution in [-0.4, -0.2) is 0 Å². The van der Waals surface area contributed by atoms with E-state index in [1.165, 1.54) is 38.9 Å². The minimum absolute atomic E-state index is 1.09. The zero-order valence-electron chi connectivity index (χ0n) is 13.6. The molecule has 0 radical (unpaired) electrons. The average molecular weight is 286 g/mol. The maximum atomic E-state index is 2.29. The van der Waals surface area contributed by atoms with E-state index in [2.05, 4.69) is 87.5 Å². The average Bonchev–Trinajstić information content (AvgIpc) is 2.56. The lowest BCUT2D eigenvalue weighted by Gasteiger charge is -2.10. The summed E-state index contributed by atoms with van der Waals surface area (Å²) in [7, 11) is 0. The largest absolute Gasteiger partial charge is 0.0613 e. The van der Waals surface area contributed by atoms with Crippen LogP contribution in [0.15, 0.2) is 66.7 Å². The Hall–Kier alpha value is -2.34. The van der Waals surface area contributed by atoms with Crippen molar-refractivity contribution in [1.29, 1.82) is 0 Å². The molecule has 22 heavy (non-hydrogen) atoms. The molecule has 0 saturated carbocycles. The Bertz CT molecular complexity index is 762. The summed E-state index contributed by atoms with van der Waals surface area (Å²) in [5.41, 5.74) is 9.18. The third kappa shape index (κ3) is 2.96. The molecule has 0 heteroatoms. The van der Waals surface area contributed by atoms with E-state index >= 15 is 0 Å². The third-order valence-electron chi connectivity index (χ3n) is 4.28. The summed E-state index contributed by atoms with van der Waals surface area (Å²) in [5.74, 6) is 0. The van der Waals surface area contributed by atoms with Gasteiger partial charge in [0.05, 0.1) is 0 Å². The van der Waals surface area contributed by atoms with Crippen LogP contribution in [0, 0.1) is 13.8 Å². The van der Waals surface area contributed by atoms with Crippen molar-refractivity contribution in [2.24, 2.45) is 0 Å². The van der Waals surface area contributed by atoms with E-state index in [0.29, 0.717) is 0 Å². The SMILES string of the molecule is CCc1ccc(-c2ccc(-c3ccc(C)cc3)cc2C)cc1. The Morgan fingerprint density at radius 2 is 1.23 bits per heavy atom. The number of hydrogen-bond acceptors (Lipinski definition) is 0. The molecule has 0 spiro atoms. The maximum Gasteiger partial charge on any atom is -0.0154 e. The fraction of sp³-hybridized carbons (Fsp3) is 0.182. The van der Waals surface area contributed by atoms with Crippen molar-refractivity contribution in [1.82, 2.24) is 0 Å². The van der Waals surface area contributed by atoms with Gasteiger partial charge < -0.3 is 0 Å². The van der Waals surface area contributed by atoms with E-state index in [9.17, 15) is 0 Å².